The summed E-state index contributed by atoms with van der Waals surface area (Å²) in [6.07, 6.45) is 6.80. The lowest BCUT2D eigenvalue weighted by atomic mass is 10.1. The van der Waals surface area contributed by atoms with Crippen LogP contribution in [-0.4, -0.2) is 31.6 Å². The first-order chi connectivity index (χ1) is 12.3. The molecule has 126 valence electrons. The normalized spacial score (nSPS) is 18.2. The highest BCUT2D eigenvalue weighted by molar-refractivity contribution is 6.07. The number of rotatable bonds is 2. The predicted molar refractivity (Wildman–Crippen MR) is 95.9 cm³/mol. The smallest absolute Gasteiger partial charge is 0.150 e. The molecule has 3 N–H and O–H groups in total. The second-order valence-corrected chi connectivity index (χ2v) is 6.37. The van der Waals surface area contributed by atoms with Gasteiger partial charge in [0.1, 0.15) is 5.82 Å². The molecule has 1 atom stereocenters. The highest BCUT2D eigenvalue weighted by atomic mass is 16.5. The van der Waals surface area contributed by atoms with Crippen molar-refractivity contribution in [1.29, 1.82) is 0 Å². The summed E-state index contributed by atoms with van der Waals surface area (Å²) in [4.78, 5) is 4.55. The number of nitrogen functional groups attached to an aromatic ring is 1. The SMILES string of the molecule is Nc1nc2cc(-c3ccnn3C3CCCCO3)ccc2c2[nH]ncc12. The van der Waals surface area contributed by atoms with Crippen molar-refractivity contribution in [3.05, 3.63) is 36.7 Å². The first-order valence-corrected chi connectivity index (χ1v) is 8.49. The van der Waals surface area contributed by atoms with Crippen molar-refractivity contribution < 1.29 is 4.74 Å². The fourth-order valence-electron chi connectivity index (χ4n) is 3.56. The van der Waals surface area contributed by atoms with Gasteiger partial charge in [-0.05, 0) is 37.5 Å². The van der Waals surface area contributed by atoms with Crippen molar-refractivity contribution in [2.45, 2.75) is 25.5 Å². The van der Waals surface area contributed by atoms with Crippen LogP contribution in [0, 0.1) is 0 Å². The summed E-state index contributed by atoms with van der Waals surface area (Å²) in [6.45, 7) is 0.789. The van der Waals surface area contributed by atoms with E-state index in [1.165, 1.54) is 0 Å². The van der Waals surface area contributed by atoms with Crippen molar-refractivity contribution in [2.75, 3.05) is 12.3 Å². The molecule has 1 aliphatic rings. The van der Waals surface area contributed by atoms with Gasteiger partial charge in [0.2, 0.25) is 0 Å². The molecular weight excluding hydrogens is 316 g/mol. The quantitative estimate of drug-likeness (QED) is 0.587. The molecule has 1 aromatic carbocycles. The highest BCUT2D eigenvalue weighted by Crippen LogP contribution is 2.32. The second-order valence-electron chi connectivity index (χ2n) is 6.37. The average molecular weight is 334 g/mol. The van der Waals surface area contributed by atoms with Crippen molar-refractivity contribution >= 4 is 27.6 Å². The number of aromatic amines is 1. The van der Waals surface area contributed by atoms with Gasteiger partial charge in [0.15, 0.2) is 6.23 Å². The molecule has 0 bridgehead atoms. The Bertz CT molecular complexity index is 1060. The van der Waals surface area contributed by atoms with Crippen LogP contribution in [0.25, 0.3) is 33.1 Å². The molecule has 7 heteroatoms. The van der Waals surface area contributed by atoms with E-state index in [9.17, 15) is 0 Å². The molecule has 25 heavy (non-hydrogen) atoms. The molecule has 1 saturated heterocycles. The van der Waals surface area contributed by atoms with Gasteiger partial charge in [-0.2, -0.15) is 10.2 Å². The molecule has 0 spiro atoms. The van der Waals surface area contributed by atoms with E-state index in [0.717, 1.165) is 58.9 Å². The molecule has 0 amide bonds. The van der Waals surface area contributed by atoms with Crippen molar-refractivity contribution in [3.63, 3.8) is 0 Å². The molecular formula is C18H18N6O. The molecule has 4 aromatic rings. The van der Waals surface area contributed by atoms with Crippen molar-refractivity contribution in [2.24, 2.45) is 0 Å². The lowest BCUT2D eigenvalue weighted by Gasteiger charge is -2.24. The van der Waals surface area contributed by atoms with Gasteiger partial charge in [0, 0.05) is 23.8 Å². The number of fused-ring (bicyclic) bond motifs is 3. The molecule has 7 nitrogen and oxygen atoms in total. The van der Waals surface area contributed by atoms with Crippen LogP contribution in [0.5, 0.6) is 0 Å². The predicted octanol–water partition coefficient (Wildman–Crippen LogP) is 3.26. The summed E-state index contributed by atoms with van der Waals surface area (Å²) in [5.41, 5.74) is 9.90. The minimum Gasteiger partial charge on any atom is -0.383 e. The number of H-pyrrole nitrogens is 1. The summed E-state index contributed by atoms with van der Waals surface area (Å²) in [5.74, 6) is 0.484. The number of nitrogens with two attached hydrogens (primary N) is 1. The number of ether oxygens (including phenoxy) is 1. The molecule has 1 aliphatic heterocycles. The van der Waals surface area contributed by atoms with Gasteiger partial charge in [0.25, 0.3) is 0 Å². The van der Waals surface area contributed by atoms with Gasteiger partial charge in [-0.15, -0.1) is 0 Å². The molecule has 5 rings (SSSR count). The maximum atomic E-state index is 6.07. The molecule has 0 saturated carbocycles. The number of benzene rings is 1. The Labute approximate surface area is 143 Å². The number of hydrogen-bond acceptors (Lipinski definition) is 5. The van der Waals surface area contributed by atoms with Gasteiger partial charge < -0.3 is 10.5 Å². The molecule has 1 fully saturated rings. The summed E-state index contributed by atoms with van der Waals surface area (Å²) in [5, 5.41) is 13.4. The Balaban J connectivity index is 1.64. The number of hydrogen-bond donors (Lipinski definition) is 2. The van der Waals surface area contributed by atoms with Crippen LogP contribution >= 0.6 is 0 Å². The minimum atomic E-state index is 0.00237. The fourth-order valence-corrected chi connectivity index (χ4v) is 3.56. The molecule has 4 heterocycles. The van der Waals surface area contributed by atoms with E-state index in [4.69, 9.17) is 10.5 Å². The van der Waals surface area contributed by atoms with E-state index < -0.39 is 0 Å². The Morgan fingerprint density at radius 3 is 3.04 bits per heavy atom. The van der Waals surface area contributed by atoms with Crippen molar-refractivity contribution in [1.82, 2.24) is 25.0 Å². The average Bonchev–Trinajstić information content (AvgIpc) is 3.32. The summed E-state index contributed by atoms with van der Waals surface area (Å²) >= 11 is 0. The van der Waals surface area contributed by atoms with E-state index in [2.05, 4.69) is 32.4 Å². The Kier molecular flexibility index (Phi) is 3.21. The zero-order valence-electron chi connectivity index (χ0n) is 13.6. The van der Waals surface area contributed by atoms with Gasteiger partial charge in [-0.1, -0.05) is 6.07 Å². The van der Waals surface area contributed by atoms with Crippen molar-refractivity contribution in [3.8, 4) is 11.3 Å². The number of pyridine rings is 1. The zero-order chi connectivity index (χ0) is 16.8. The first kappa shape index (κ1) is 14.4. The first-order valence-electron chi connectivity index (χ1n) is 8.49. The van der Waals surface area contributed by atoms with Crippen LogP contribution in [0.2, 0.25) is 0 Å². The maximum Gasteiger partial charge on any atom is 0.150 e. The van der Waals surface area contributed by atoms with E-state index in [-0.39, 0.29) is 6.23 Å². The van der Waals surface area contributed by atoms with Gasteiger partial charge in [-0.3, -0.25) is 5.10 Å². The monoisotopic (exact) mass is 334 g/mol. The number of nitrogens with one attached hydrogen (secondary N) is 1. The largest absolute Gasteiger partial charge is 0.383 e. The van der Waals surface area contributed by atoms with Gasteiger partial charge in [-0.25, -0.2) is 9.67 Å². The van der Waals surface area contributed by atoms with Gasteiger partial charge in [0.05, 0.1) is 28.3 Å². The third-order valence-electron chi connectivity index (χ3n) is 4.82. The van der Waals surface area contributed by atoms with Gasteiger partial charge >= 0.3 is 0 Å². The lowest BCUT2D eigenvalue weighted by molar-refractivity contribution is -0.0383. The van der Waals surface area contributed by atoms with Crippen LogP contribution in [0.4, 0.5) is 5.82 Å². The lowest BCUT2D eigenvalue weighted by Crippen LogP contribution is -2.19. The van der Waals surface area contributed by atoms with E-state index in [1.54, 1.807) is 6.20 Å². The molecule has 0 aliphatic carbocycles. The third-order valence-corrected chi connectivity index (χ3v) is 4.82. The Hall–Kier alpha value is -2.93. The van der Waals surface area contributed by atoms with Crippen LogP contribution in [0.1, 0.15) is 25.5 Å². The standard InChI is InChI=1S/C18H18N6O/c19-18-13-10-20-23-17(13)12-5-4-11(9-14(12)22-18)15-6-7-21-24(15)16-3-1-2-8-25-16/h4-7,9-10,16H,1-3,8H2,(H2,19,22)(H,20,23). The van der Waals surface area contributed by atoms with E-state index >= 15 is 0 Å². The molecule has 3 aromatic heterocycles. The fraction of sp³-hybridized carbons (Fsp3) is 0.278. The summed E-state index contributed by atoms with van der Waals surface area (Å²) < 4.78 is 7.86. The number of anilines is 1. The number of aromatic nitrogens is 5. The Morgan fingerprint density at radius 2 is 2.16 bits per heavy atom. The number of nitrogens with zero attached hydrogens (tertiary/aromatic N) is 4. The highest BCUT2D eigenvalue weighted by Gasteiger charge is 2.20. The second kappa shape index (κ2) is 5.56. The maximum absolute atomic E-state index is 6.07. The Morgan fingerprint density at radius 1 is 1.20 bits per heavy atom. The molecule has 1 unspecified atom stereocenters. The topological polar surface area (TPSA) is 94.6 Å². The third kappa shape index (κ3) is 2.27. The summed E-state index contributed by atoms with van der Waals surface area (Å²) in [7, 11) is 0. The molecule has 0 radical (unpaired) electrons. The zero-order valence-corrected chi connectivity index (χ0v) is 13.6. The summed E-state index contributed by atoms with van der Waals surface area (Å²) in [6, 6.07) is 8.19. The van der Waals surface area contributed by atoms with E-state index in [0.29, 0.717) is 5.82 Å². The minimum absolute atomic E-state index is 0.00237. The van der Waals surface area contributed by atoms with Crippen LogP contribution in [-0.2, 0) is 4.74 Å². The van der Waals surface area contributed by atoms with Crippen LogP contribution in [0.3, 0.4) is 0 Å². The van der Waals surface area contributed by atoms with Crippen LogP contribution < -0.4 is 5.73 Å². The van der Waals surface area contributed by atoms with E-state index in [1.807, 2.05) is 23.0 Å². The van der Waals surface area contributed by atoms with Crippen LogP contribution in [0.15, 0.2) is 36.7 Å².